The quantitative estimate of drug-likeness (QED) is 0.217. The summed E-state index contributed by atoms with van der Waals surface area (Å²) in [5.41, 5.74) is 4.22. The van der Waals surface area contributed by atoms with E-state index in [-0.39, 0.29) is 30.7 Å². The number of benzene rings is 3. The number of imidazole rings is 1. The normalized spacial score (nSPS) is 13.3. The van der Waals surface area contributed by atoms with Crippen LogP contribution in [0.4, 0.5) is 5.69 Å². The monoisotopic (exact) mass is 619 g/mol. The average Bonchev–Trinajstić information content (AvgIpc) is 3.31. The fourth-order valence-corrected chi connectivity index (χ4v) is 5.34. The molecule has 1 saturated heterocycles. The molecule has 0 bridgehead atoms. The van der Waals surface area contributed by atoms with Gasteiger partial charge in [0.1, 0.15) is 11.5 Å². The van der Waals surface area contributed by atoms with Crippen molar-refractivity contribution < 1.29 is 4.79 Å². The summed E-state index contributed by atoms with van der Waals surface area (Å²) < 4.78 is 2.05. The minimum absolute atomic E-state index is 0. The second kappa shape index (κ2) is 14.8. The predicted molar refractivity (Wildman–Crippen MR) is 170 cm³/mol. The molecule has 0 aliphatic carbocycles. The molecule has 0 unspecified atom stereocenters. The third-order valence-corrected chi connectivity index (χ3v) is 7.76. The van der Waals surface area contributed by atoms with E-state index >= 15 is 0 Å². The van der Waals surface area contributed by atoms with Crippen LogP contribution in [-0.2, 0) is 0 Å². The van der Waals surface area contributed by atoms with Crippen molar-refractivity contribution in [1.29, 1.82) is 0 Å². The highest BCUT2D eigenvalue weighted by Gasteiger charge is 2.22. The van der Waals surface area contributed by atoms with Crippen LogP contribution in [0.5, 0.6) is 0 Å². The number of aromatic nitrogens is 2. The Balaban J connectivity index is 0.00000220. The topological polar surface area (TPSA) is 53.4 Å². The third kappa shape index (κ3) is 7.12. The van der Waals surface area contributed by atoms with Crippen LogP contribution in [0.1, 0.15) is 22.6 Å². The molecule has 0 atom stereocenters. The first kappa shape index (κ1) is 31.8. The maximum absolute atomic E-state index is 13.2. The molecule has 40 heavy (non-hydrogen) atoms. The molecule has 212 valence electrons. The van der Waals surface area contributed by atoms with Crippen LogP contribution in [0.15, 0.2) is 78.9 Å². The Labute approximate surface area is 258 Å². The van der Waals surface area contributed by atoms with E-state index in [1.807, 2.05) is 85.8 Å². The predicted octanol–water partition coefficient (Wildman–Crippen LogP) is 6.94. The number of halogens is 4. The van der Waals surface area contributed by atoms with Gasteiger partial charge in [0.2, 0.25) is 0 Å². The third-order valence-electron chi connectivity index (χ3n) is 6.95. The molecule has 0 radical (unpaired) electrons. The van der Waals surface area contributed by atoms with Crippen molar-refractivity contribution in [3.05, 3.63) is 100 Å². The number of hydrogen-bond acceptors (Lipinski definition) is 4. The fraction of sp³-hybridized carbons (Fsp3) is 0.267. The minimum atomic E-state index is -0.144. The smallest absolute Gasteiger partial charge is 0.271 e. The number of nitrogens with one attached hydrogen (secondary N) is 1. The molecular weight excluding hydrogens is 588 g/mol. The van der Waals surface area contributed by atoms with Gasteiger partial charge in [-0.25, -0.2) is 4.98 Å². The van der Waals surface area contributed by atoms with Crippen molar-refractivity contribution >= 4 is 59.6 Å². The number of para-hydroxylation sites is 1. The Bertz CT molecular complexity index is 1390. The Morgan fingerprint density at radius 3 is 2.20 bits per heavy atom. The molecular formula is C30H33Cl4N5O. The first-order valence-corrected chi connectivity index (χ1v) is 13.7. The van der Waals surface area contributed by atoms with Gasteiger partial charge in [-0.3, -0.25) is 14.3 Å². The van der Waals surface area contributed by atoms with Gasteiger partial charge < -0.3 is 10.2 Å². The van der Waals surface area contributed by atoms with Gasteiger partial charge in [0.15, 0.2) is 0 Å². The highest BCUT2D eigenvalue weighted by Crippen LogP contribution is 2.33. The number of rotatable bonds is 8. The van der Waals surface area contributed by atoms with Crippen molar-refractivity contribution in [2.24, 2.45) is 0 Å². The standard InChI is InChI=1S/C30H31Cl2N5O.2ClH/c1-22-28(34-29(23-10-4-2-5-11-23)37(22)24-12-6-3-7-13-24)30(38)33-16-9-17-35-18-20-36(21-19-35)26-15-8-14-25(31)27(26)32;;/h2-8,10-15H,9,16-21H2,1H3,(H,33,38);2*1H. The van der Waals surface area contributed by atoms with E-state index in [4.69, 9.17) is 28.2 Å². The molecule has 1 amide bonds. The van der Waals surface area contributed by atoms with Gasteiger partial charge in [0.05, 0.1) is 21.4 Å². The number of amides is 1. The lowest BCUT2D eigenvalue weighted by atomic mass is 10.2. The minimum Gasteiger partial charge on any atom is -0.368 e. The zero-order valence-corrected chi connectivity index (χ0v) is 25.4. The number of nitrogens with zero attached hydrogens (tertiary/aromatic N) is 4. The number of carbonyl (C=O) groups excluding carboxylic acids is 1. The SMILES string of the molecule is Cc1c(C(=O)NCCCN2CCN(c3cccc(Cl)c3Cl)CC2)nc(-c2ccccc2)n1-c1ccccc1.Cl.Cl. The lowest BCUT2D eigenvalue weighted by Crippen LogP contribution is -2.47. The average molecular weight is 621 g/mol. The van der Waals surface area contributed by atoms with E-state index in [9.17, 15) is 4.79 Å². The van der Waals surface area contributed by atoms with Crippen molar-refractivity contribution in [2.45, 2.75) is 13.3 Å². The van der Waals surface area contributed by atoms with Gasteiger partial charge in [-0.1, -0.05) is 77.8 Å². The summed E-state index contributed by atoms with van der Waals surface area (Å²) in [7, 11) is 0. The van der Waals surface area contributed by atoms with Crippen molar-refractivity contribution in [3.8, 4) is 17.1 Å². The number of piperazine rings is 1. The molecule has 1 fully saturated rings. The van der Waals surface area contributed by atoms with E-state index in [1.54, 1.807) is 0 Å². The maximum Gasteiger partial charge on any atom is 0.271 e. The van der Waals surface area contributed by atoms with Crippen LogP contribution >= 0.6 is 48.0 Å². The Hall–Kier alpha value is -2.74. The first-order valence-electron chi connectivity index (χ1n) is 12.9. The summed E-state index contributed by atoms with van der Waals surface area (Å²) in [6, 6.07) is 25.8. The van der Waals surface area contributed by atoms with E-state index in [0.717, 1.165) is 67.6 Å². The van der Waals surface area contributed by atoms with E-state index < -0.39 is 0 Å². The zero-order chi connectivity index (χ0) is 26.5. The van der Waals surface area contributed by atoms with Gasteiger partial charge in [-0.15, -0.1) is 24.8 Å². The molecule has 4 aromatic rings. The molecule has 1 aliphatic heterocycles. The van der Waals surface area contributed by atoms with Crippen molar-refractivity contribution in [1.82, 2.24) is 19.8 Å². The van der Waals surface area contributed by atoms with Gasteiger partial charge >= 0.3 is 0 Å². The number of carbonyl (C=O) groups is 1. The van der Waals surface area contributed by atoms with E-state index in [0.29, 0.717) is 22.3 Å². The van der Waals surface area contributed by atoms with Gasteiger partial charge in [-0.2, -0.15) is 0 Å². The van der Waals surface area contributed by atoms with Crippen molar-refractivity contribution in [2.75, 3.05) is 44.2 Å². The van der Waals surface area contributed by atoms with E-state index in [1.165, 1.54) is 0 Å². The Morgan fingerprint density at radius 1 is 0.875 bits per heavy atom. The number of anilines is 1. The maximum atomic E-state index is 13.2. The van der Waals surface area contributed by atoms with Crippen LogP contribution < -0.4 is 10.2 Å². The molecule has 0 saturated carbocycles. The number of hydrogen-bond donors (Lipinski definition) is 1. The summed E-state index contributed by atoms with van der Waals surface area (Å²) in [6.07, 6.45) is 0.869. The summed E-state index contributed by atoms with van der Waals surface area (Å²) in [4.78, 5) is 22.7. The molecule has 10 heteroatoms. The van der Waals surface area contributed by atoms with E-state index in [2.05, 4.69) is 19.7 Å². The molecule has 5 rings (SSSR count). The van der Waals surface area contributed by atoms with Crippen molar-refractivity contribution in [3.63, 3.8) is 0 Å². The van der Waals surface area contributed by atoms with Crippen LogP contribution in [-0.4, -0.2) is 59.6 Å². The van der Waals surface area contributed by atoms with Crippen LogP contribution in [0, 0.1) is 6.92 Å². The van der Waals surface area contributed by atoms with Gasteiger partial charge in [0.25, 0.3) is 5.91 Å². The van der Waals surface area contributed by atoms with Crippen LogP contribution in [0.25, 0.3) is 17.1 Å². The lowest BCUT2D eigenvalue weighted by Gasteiger charge is -2.36. The first-order chi connectivity index (χ1) is 18.5. The molecule has 3 aromatic carbocycles. The highest BCUT2D eigenvalue weighted by atomic mass is 35.5. The van der Waals surface area contributed by atoms with Gasteiger partial charge in [0, 0.05) is 44.0 Å². The molecule has 0 spiro atoms. The van der Waals surface area contributed by atoms with Crippen LogP contribution in [0.2, 0.25) is 10.0 Å². The van der Waals surface area contributed by atoms with Gasteiger partial charge in [-0.05, 0) is 44.2 Å². The molecule has 1 aromatic heterocycles. The highest BCUT2D eigenvalue weighted by molar-refractivity contribution is 6.43. The second-order valence-electron chi connectivity index (χ2n) is 9.42. The molecule has 2 heterocycles. The Kier molecular flexibility index (Phi) is 11.7. The zero-order valence-electron chi connectivity index (χ0n) is 22.2. The summed E-state index contributed by atoms with van der Waals surface area (Å²) in [6.45, 7) is 7.14. The Morgan fingerprint density at radius 2 is 1.52 bits per heavy atom. The summed E-state index contributed by atoms with van der Waals surface area (Å²) in [5, 5.41) is 4.29. The summed E-state index contributed by atoms with van der Waals surface area (Å²) in [5.74, 6) is 0.618. The fourth-order valence-electron chi connectivity index (χ4n) is 4.93. The molecule has 6 nitrogen and oxygen atoms in total. The second-order valence-corrected chi connectivity index (χ2v) is 10.2. The largest absolute Gasteiger partial charge is 0.368 e. The molecule has 1 aliphatic rings. The van der Waals surface area contributed by atoms with Crippen LogP contribution in [0.3, 0.4) is 0 Å². The molecule has 1 N–H and O–H groups in total. The lowest BCUT2D eigenvalue weighted by molar-refractivity contribution is 0.0946. The summed E-state index contributed by atoms with van der Waals surface area (Å²) >= 11 is 12.6.